The van der Waals surface area contributed by atoms with Gasteiger partial charge in [0.25, 0.3) is 0 Å². The van der Waals surface area contributed by atoms with Gasteiger partial charge in [-0.2, -0.15) is 0 Å². The van der Waals surface area contributed by atoms with Crippen LogP contribution in [-0.4, -0.2) is 90.0 Å². The summed E-state index contributed by atoms with van der Waals surface area (Å²) < 4.78 is 18.7. The first-order chi connectivity index (χ1) is 15.2. The lowest BCUT2D eigenvalue weighted by Gasteiger charge is -2.35. The second-order valence-corrected chi connectivity index (χ2v) is 13.6. The molecule has 0 bridgehead atoms. The SMILES string of the molecule is BC(C)(C)C(=O)OCC(COC(=O)C(C)(C)Br)(COC(=O)C(C)(C)Br)NC(=O)COCC(=O)O. The number of ether oxygens (including phenoxy) is 4. The number of carboxylic acid groups (broad SMARTS) is 1. The number of rotatable bonds is 14. The van der Waals surface area contributed by atoms with Gasteiger partial charge in [-0.05, 0) is 27.7 Å². The van der Waals surface area contributed by atoms with Gasteiger partial charge in [0.15, 0.2) is 0 Å². The summed E-state index contributed by atoms with van der Waals surface area (Å²) in [7, 11) is 1.62. The van der Waals surface area contributed by atoms with Crippen LogP contribution in [0.1, 0.15) is 41.5 Å². The Kier molecular flexibility index (Phi) is 12.2. The molecule has 0 saturated heterocycles. The summed E-state index contributed by atoms with van der Waals surface area (Å²) in [6.45, 7) is 6.47. The fourth-order valence-electron chi connectivity index (χ4n) is 1.97. The number of hydrogen-bond acceptors (Lipinski definition) is 9. The zero-order valence-corrected chi connectivity index (χ0v) is 23.6. The van der Waals surface area contributed by atoms with Gasteiger partial charge in [-0.25, -0.2) is 4.79 Å². The summed E-state index contributed by atoms with van der Waals surface area (Å²) in [5.74, 6) is -4.09. The Bertz CT molecular complexity index is 695. The van der Waals surface area contributed by atoms with Gasteiger partial charge in [0.1, 0.15) is 55.1 Å². The molecule has 0 saturated carbocycles. The van der Waals surface area contributed by atoms with E-state index < -0.39 is 82.3 Å². The first-order valence-corrected chi connectivity index (χ1v) is 11.8. The van der Waals surface area contributed by atoms with Gasteiger partial charge >= 0.3 is 23.9 Å². The lowest BCUT2D eigenvalue weighted by Crippen LogP contribution is -2.60. The predicted molar refractivity (Wildman–Crippen MR) is 131 cm³/mol. The van der Waals surface area contributed by atoms with Gasteiger partial charge in [-0.3, -0.25) is 19.2 Å². The number of carboxylic acids is 1. The predicted octanol–water partition coefficient (Wildman–Crippen LogP) is 0.751. The molecular weight excluding hydrogens is 585 g/mol. The van der Waals surface area contributed by atoms with Crippen LogP contribution in [0.25, 0.3) is 0 Å². The molecule has 2 N–H and O–H groups in total. The van der Waals surface area contributed by atoms with Crippen LogP contribution in [0.5, 0.6) is 0 Å². The number of esters is 3. The van der Waals surface area contributed by atoms with Crippen molar-refractivity contribution >= 4 is 69.5 Å². The Morgan fingerprint density at radius 1 is 0.765 bits per heavy atom. The van der Waals surface area contributed by atoms with Crippen LogP contribution in [0.3, 0.4) is 0 Å². The van der Waals surface area contributed by atoms with E-state index in [1.54, 1.807) is 49.4 Å². The molecule has 11 nitrogen and oxygen atoms in total. The van der Waals surface area contributed by atoms with Crippen molar-refractivity contribution in [2.24, 2.45) is 0 Å². The molecule has 0 aromatic rings. The lowest BCUT2D eigenvalue weighted by atomic mass is 9.73. The number of carbonyl (C=O) groups excluding carboxylic acids is 4. The number of amides is 1. The van der Waals surface area contributed by atoms with Gasteiger partial charge < -0.3 is 29.4 Å². The van der Waals surface area contributed by atoms with E-state index in [0.717, 1.165) is 0 Å². The second-order valence-electron chi connectivity index (χ2n) is 9.64. The van der Waals surface area contributed by atoms with Crippen molar-refractivity contribution in [2.45, 2.75) is 61.0 Å². The van der Waals surface area contributed by atoms with Crippen LogP contribution in [0.2, 0.25) is 5.31 Å². The monoisotopic (exact) mass is 615 g/mol. The molecule has 0 aliphatic heterocycles. The number of hydrogen-bond donors (Lipinski definition) is 2. The standard InChI is InChI=1S/C20H32BBr2NO10/c1-17(2,21)14(28)32-9-20(10-33-15(29)18(3,4)22,11-34-16(30)19(5,6)23)24-12(25)7-31-8-13(26)27/h7-11,21H2,1-6H3,(H,24,25)(H,26,27). The third-order valence-electron chi connectivity index (χ3n) is 3.89. The first kappa shape index (κ1) is 32.3. The first-order valence-electron chi connectivity index (χ1n) is 10.2. The van der Waals surface area contributed by atoms with Crippen molar-refractivity contribution in [1.29, 1.82) is 0 Å². The number of halogens is 2. The van der Waals surface area contributed by atoms with Gasteiger partial charge in [-0.1, -0.05) is 45.7 Å². The summed E-state index contributed by atoms with van der Waals surface area (Å²) in [6, 6.07) is 0. The number of alkyl halides is 2. The Hall–Kier alpha value is -1.67. The summed E-state index contributed by atoms with van der Waals surface area (Å²) in [6.07, 6.45) is 0. The zero-order chi connectivity index (χ0) is 27.0. The van der Waals surface area contributed by atoms with E-state index in [4.69, 9.17) is 24.1 Å². The molecule has 0 fully saturated rings. The van der Waals surface area contributed by atoms with E-state index in [1.807, 2.05) is 0 Å². The van der Waals surface area contributed by atoms with Gasteiger partial charge in [0.2, 0.25) is 5.91 Å². The molecule has 0 aromatic carbocycles. The van der Waals surface area contributed by atoms with Crippen molar-refractivity contribution in [3.05, 3.63) is 0 Å². The molecule has 0 aliphatic rings. The highest BCUT2D eigenvalue weighted by Crippen LogP contribution is 2.24. The van der Waals surface area contributed by atoms with Gasteiger partial charge in [0.05, 0.1) is 0 Å². The maximum atomic E-state index is 12.5. The van der Waals surface area contributed by atoms with Crippen molar-refractivity contribution in [2.75, 3.05) is 33.0 Å². The summed E-state index contributed by atoms with van der Waals surface area (Å²) in [5, 5.41) is 10.3. The molecular formula is C20H32BBr2NO10. The fraction of sp³-hybridized carbons (Fsp3) is 0.750. The summed E-state index contributed by atoms with van der Waals surface area (Å²) >= 11 is 6.34. The molecule has 34 heavy (non-hydrogen) atoms. The normalized spacial score (nSPS) is 12.5. The minimum Gasteiger partial charge on any atom is -0.480 e. The largest absolute Gasteiger partial charge is 0.480 e. The van der Waals surface area contributed by atoms with Gasteiger partial charge in [-0.15, -0.1) is 0 Å². The van der Waals surface area contributed by atoms with Crippen molar-refractivity contribution in [3.63, 3.8) is 0 Å². The highest BCUT2D eigenvalue weighted by Gasteiger charge is 2.41. The highest BCUT2D eigenvalue weighted by molar-refractivity contribution is 9.10. The van der Waals surface area contributed by atoms with E-state index in [1.165, 1.54) is 0 Å². The molecule has 0 unspecified atom stereocenters. The van der Waals surface area contributed by atoms with Crippen LogP contribution < -0.4 is 5.32 Å². The maximum Gasteiger partial charge on any atom is 0.329 e. The highest BCUT2D eigenvalue weighted by atomic mass is 79.9. The van der Waals surface area contributed by atoms with Crippen molar-refractivity contribution < 1.29 is 48.0 Å². The molecule has 1 amide bonds. The Morgan fingerprint density at radius 3 is 1.47 bits per heavy atom. The van der Waals surface area contributed by atoms with E-state index in [-0.39, 0.29) is 0 Å². The Morgan fingerprint density at radius 2 is 1.15 bits per heavy atom. The Labute approximate surface area is 216 Å². The topological polar surface area (TPSA) is 155 Å². The van der Waals surface area contributed by atoms with Crippen molar-refractivity contribution in [1.82, 2.24) is 5.32 Å². The van der Waals surface area contributed by atoms with Crippen LogP contribution in [0.4, 0.5) is 0 Å². The molecule has 0 heterocycles. The third-order valence-corrected chi connectivity index (χ3v) is 4.53. The minimum atomic E-state index is -1.69. The zero-order valence-electron chi connectivity index (χ0n) is 20.4. The molecule has 0 radical (unpaired) electrons. The van der Waals surface area contributed by atoms with Gasteiger partial charge in [0, 0.05) is 5.31 Å². The second kappa shape index (κ2) is 12.9. The average Bonchev–Trinajstić information content (AvgIpc) is 2.65. The molecule has 14 heteroatoms. The number of nitrogens with one attached hydrogen (secondary N) is 1. The Balaban J connectivity index is 5.93. The van der Waals surface area contributed by atoms with E-state index in [9.17, 15) is 24.0 Å². The van der Waals surface area contributed by atoms with E-state index in [0.29, 0.717) is 0 Å². The van der Waals surface area contributed by atoms with E-state index >= 15 is 0 Å². The summed E-state index contributed by atoms with van der Waals surface area (Å²) in [4.78, 5) is 60.2. The van der Waals surface area contributed by atoms with E-state index in [2.05, 4.69) is 37.2 Å². The number of aliphatic carboxylic acids is 1. The minimum absolute atomic E-state index is 0.514. The molecule has 0 atom stereocenters. The molecule has 0 rings (SSSR count). The fourth-order valence-corrected chi connectivity index (χ4v) is 2.20. The van der Waals surface area contributed by atoms with Crippen molar-refractivity contribution in [3.8, 4) is 0 Å². The number of carbonyl (C=O) groups is 5. The van der Waals surface area contributed by atoms with Crippen LogP contribution in [-0.2, 0) is 42.9 Å². The van der Waals surface area contributed by atoms with Crippen LogP contribution in [0, 0.1) is 0 Å². The smallest absolute Gasteiger partial charge is 0.329 e. The molecule has 0 aromatic heterocycles. The molecule has 0 aliphatic carbocycles. The quantitative estimate of drug-likeness (QED) is 0.124. The lowest BCUT2D eigenvalue weighted by molar-refractivity contribution is -0.162. The van der Waals surface area contributed by atoms with Crippen LogP contribution in [0.15, 0.2) is 0 Å². The average molecular weight is 617 g/mol. The third kappa shape index (κ3) is 12.7. The molecule has 194 valence electrons. The maximum absolute atomic E-state index is 12.5. The summed E-state index contributed by atoms with van der Waals surface area (Å²) in [5.41, 5.74) is -1.69. The molecule has 0 spiro atoms. The van der Waals surface area contributed by atoms with Crippen LogP contribution >= 0.6 is 31.9 Å².